The van der Waals surface area contributed by atoms with Crippen molar-refractivity contribution in [1.82, 2.24) is 9.88 Å². The van der Waals surface area contributed by atoms with Gasteiger partial charge in [-0.2, -0.15) is 0 Å². The third-order valence-corrected chi connectivity index (χ3v) is 3.55. The minimum Gasteiger partial charge on any atom is -0.324 e. The van der Waals surface area contributed by atoms with E-state index in [1.54, 1.807) is 17.5 Å². The predicted octanol–water partition coefficient (Wildman–Crippen LogP) is 2.83. The minimum atomic E-state index is -0.161. The number of hydrogen-bond donors (Lipinski definition) is 2. The van der Waals surface area contributed by atoms with E-state index < -0.39 is 0 Å². The quantitative estimate of drug-likeness (QED) is 0.909. The van der Waals surface area contributed by atoms with Crippen molar-refractivity contribution in [3.63, 3.8) is 0 Å². The van der Waals surface area contributed by atoms with Crippen LogP contribution in [0.3, 0.4) is 0 Å². The molecule has 1 aromatic carbocycles. The van der Waals surface area contributed by atoms with E-state index in [-0.39, 0.29) is 12.1 Å². The van der Waals surface area contributed by atoms with Crippen molar-refractivity contribution in [3.8, 4) is 0 Å². The second-order valence-electron chi connectivity index (χ2n) is 4.68. The SMILES string of the molecule is CC(N)c1ccc(NC(=O)N(C)Cc2cscn2)cc1. The third-order valence-electron chi connectivity index (χ3n) is 2.92. The lowest BCUT2D eigenvalue weighted by molar-refractivity contribution is 0.220. The van der Waals surface area contributed by atoms with Crippen molar-refractivity contribution in [3.05, 3.63) is 46.4 Å². The van der Waals surface area contributed by atoms with Gasteiger partial charge in [0.15, 0.2) is 0 Å². The fourth-order valence-corrected chi connectivity index (χ4v) is 2.27. The molecule has 2 amide bonds. The molecule has 0 saturated carbocycles. The zero-order chi connectivity index (χ0) is 14.5. The van der Waals surface area contributed by atoms with Crippen LogP contribution >= 0.6 is 11.3 Å². The molecule has 1 aromatic heterocycles. The maximum absolute atomic E-state index is 12.0. The summed E-state index contributed by atoms with van der Waals surface area (Å²) in [7, 11) is 1.74. The summed E-state index contributed by atoms with van der Waals surface area (Å²) in [6.07, 6.45) is 0. The van der Waals surface area contributed by atoms with Gasteiger partial charge in [-0.3, -0.25) is 0 Å². The van der Waals surface area contributed by atoms with Gasteiger partial charge in [0, 0.05) is 24.2 Å². The fraction of sp³-hybridized carbons (Fsp3) is 0.286. The van der Waals surface area contributed by atoms with Crippen LogP contribution in [0, 0.1) is 0 Å². The number of urea groups is 1. The van der Waals surface area contributed by atoms with E-state index in [0.29, 0.717) is 6.54 Å². The first kappa shape index (κ1) is 14.5. The van der Waals surface area contributed by atoms with Crippen LogP contribution in [0.1, 0.15) is 24.2 Å². The van der Waals surface area contributed by atoms with E-state index in [4.69, 9.17) is 5.73 Å². The Morgan fingerprint density at radius 2 is 2.15 bits per heavy atom. The maximum atomic E-state index is 12.0. The van der Waals surface area contributed by atoms with Crippen LogP contribution in [0.4, 0.5) is 10.5 Å². The van der Waals surface area contributed by atoms with E-state index >= 15 is 0 Å². The summed E-state index contributed by atoms with van der Waals surface area (Å²) >= 11 is 1.52. The first-order valence-electron chi connectivity index (χ1n) is 6.31. The Morgan fingerprint density at radius 3 is 2.70 bits per heavy atom. The Bertz CT molecular complexity index is 551. The number of carbonyl (C=O) groups is 1. The molecule has 1 atom stereocenters. The summed E-state index contributed by atoms with van der Waals surface area (Å²) in [5.74, 6) is 0. The second kappa shape index (κ2) is 6.49. The Kier molecular flexibility index (Phi) is 4.70. The van der Waals surface area contributed by atoms with E-state index in [2.05, 4.69) is 10.3 Å². The van der Waals surface area contributed by atoms with Crippen molar-refractivity contribution in [2.45, 2.75) is 19.5 Å². The predicted molar refractivity (Wildman–Crippen MR) is 81.6 cm³/mol. The molecule has 0 bridgehead atoms. The number of carbonyl (C=O) groups excluding carboxylic acids is 1. The summed E-state index contributed by atoms with van der Waals surface area (Å²) < 4.78 is 0. The number of aromatic nitrogens is 1. The highest BCUT2D eigenvalue weighted by molar-refractivity contribution is 7.07. The highest BCUT2D eigenvalue weighted by Crippen LogP contribution is 2.15. The molecule has 106 valence electrons. The zero-order valence-electron chi connectivity index (χ0n) is 11.5. The summed E-state index contributed by atoms with van der Waals surface area (Å²) in [6, 6.07) is 7.38. The topological polar surface area (TPSA) is 71.2 Å². The summed E-state index contributed by atoms with van der Waals surface area (Å²) in [5.41, 5.74) is 10.2. The Labute approximate surface area is 122 Å². The molecule has 1 heterocycles. The van der Waals surface area contributed by atoms with Gasteiger partial charge in [-0.05, 0) is 24.6 Å². The van der Waals surface area contributed by atoms with Crippen molar-refractivity contribution in [1.29, 1.82) is 0 Å². The van der Waals surface area contributed by atoms with Crippen LogP contribution in [-0.2, 0) is 6.54 Å². The van der Waals surface area contributed by atoms with E-state index in [1.807, 2.05) is 36.6 Å². The smallest absolute Gasteiger partial charge is 0.321 e. The molecule has 0 saturated heterocycles. The molecular formula is C14H18N4OS. The molecule has 0 aliphatic heterocycles. The fourth-order valence-electron chi connectivity index (χ4n) is 1.72. The summed E-state index contributed by atoms with van der Waals surface area (Å²) in [6.45, 7) is 2.42. The van der Waals surface area contributed by atoms with E-state index in [9.17, 15) is 4.79 Å². The monoisotopic (exact) mass is 290 g/mol. The van der Waals surface area contributed by atoms with Gasteiger partial charge in [-0.25, -0.2) is 9.78 Å². The molecule has 3 N–H and O–H groups in total. The van der Waals surface area contributed by atoms with Crippen LogP contribution in [-0.4, -0.2) is 23.0 Å². The zero-order valence-corrected chi connectivity index (χ0v) is 12.4. The molecule has 2 aromatic rings. The number of hydrogen-bond acceptors (Lipinski definition) is 4. The number of thiazole rings is 1. The van der Waals surface area contributed by atoms with Gasteiger partial charge < -0.3 is 16.0 Å². The highest BCUT2D eigenvalue weighted by Gasteiger charge is 2.10. The van der Waals surface area contributed by atoms with Crippen LogP contribution in [0.5, 0.6) is 0 Å². The van der Waals surface area contributed by atoms with Gasteiger partial charge in [-0.1, -0.05) is 12.1 Å². The molecule has 0 aliphatic carbocycles. The lowest BCUT2D eigenvalue weighted by Gasteiger charge is -2.17. The van der Waals surface area contributed by atoms with Crippen molar-refractivity contribution >= 4 is 23.1 Å². The highest BCUT2D eigenvalue weighted by atomic mass is 32.1. The molecule has 1 unspecified atom stereocenters. The number of anilines is 1. The van der Waals surface area contributed by atoms with Crippen LogP contribution < -0.4 is 11.1 Å². The van der Waals surface area contributed by atoms with Crippen molar-refractivity contribution < 1.29 is 4.79 Å². The normalized spacial score (nSPS) is 11.9. The Hall–Kier alpha value is -1.92. The lowest BCUT2D eigenvalue weighted by atomic mass is 10.1. The van der Waals surface area contributed by atoms with E-state index in [0.717, 1.165) is 16.9 Å². The molecule has 20 heavy (non-hydrogen) atoms. The first-order valence-corrected chi connectivity index (χ1v) is 7.25. The number of amides is 2. The first-order chi connectivity index (χ1) is 9.56. The van der Waals surface area contributed by atoms with Gasteiger partial charge in [0.2, 0.25) is 0 Å². The summed E-state index contributed by atoms with van der Waals surface area (Å²) in [5, 5.41) is 4.77. The number of nitrogens with zero attached hydrogens (tertiary/aromatic N) is 2. The molecule has 0 radical (unpaired) electrons. The van der Waals surface area contributed by atoms with Crippen LogP contribution in [0.15, 0.2) is 35.2 Å². The minimum absolute atomic E-state index is 0.00732. The molecule has 0 aliphatic rings. The molecule has 0 fully saturated rings. The summed E-state index contributed by atoms with van der Waals surface area (Å²) in [4.78, 5) is 17.8. The number of rotatable bonds is 4. The van der Waals surface area contributed by atoms with Crippen molar-refractivity contribution in [2.24, 2.45) is 5.73 Å². The lowest BCUT2D eigenvalue weighted by Crippen LogP contribution is -2.30. The van der Waals surface area contributed by atoms with Gasteiger partial charge in [0.05, 0.1) is 17.7 Å². The third kappa shape index (κ3) is 3.79. The van der Waals surface area contributed by atoms with Crippen LogP contribution in [0.25, 0.3) is 0 Å². The molecule has 0 spiro atoms. The molecular weight excluding hydrogens is 272 g/mol. The standard InChI is InChI=1S/C14H18N4OS/c1-10(15)11-3-5-12(6-4-11)17-14(19)18(2)7-13-8-20-9-16-13/h3-6,8-10H,7,15H2,1-2H3,(H,17,19). The number of nitrogens with one attached hydrogen (secondary N) is 1. The van der Waals surface area contributed by atoms with Gasteiger partial charge in [-0.15, -0.1) is 11.3 Å². The molecule has 5 nitrogen and oxygen atoms in total. The van der Waals surface area contributed by atoms with Gasteiger partial charge >= 0.3 is 6.03 Å². The van der Waals surface area contributed by atoms with Gasteiger partial charge in [0.25, 0.3) is 0 Å². The van der Waals surface area contributed by atoms with Crippen molar-refractivity contribution in [2.75, 3.05) is 12.4 Å². The molecule has 6 heteroatoms. The van der Waals surface area contributed by atoms with Crippen LogP contribution in [0.2, 0.25) is 0 Å². The largest absolute Gasteiger partial charge is 0.324 e. The average molecular weight is 290 g/mol. The second-order valence-corrected chi connectivity index (χ2v) is 5.40. The number of benzene rings is 1. The number of nitrogens with two attached hydrogens (primary N) is 1. The van der Waals surface area contributed by atoms with E-state index in [1.165, 1.54) is 11.3 Å². The maximum Gasteiger partial charge on any atom is 0.321 e. The van der Waals surface area contributed by atoms with Gasteiger partial charge in [0.1, 0.15) is 0 Å². The molecule has 2 rings (SSSR count). The Balaban J connectivity index is 1.93. The average Bonchev–Trinajstić information content (AvgIpc) is 2.92. The Morgan fingerprint density at radius 1 is 1.45 bits per heavy atom.